The van der Waals surface area contributed by atoms with Crippen molar-refractivity contribution >= 4 is 22.5 Å². The molecule has 0 fully saturated rings. The number of hydrogen-bond donors (Lipinski definition) is 0. The molecule has 0 saturated heterocycles. The molecular weight excluding hydrogens is 258 g/mol. The summed E-state index contributed by atoms with van der Waals surface area (Å²) in [4.78, 5) is 13.2. The number of fused-ring (bicyclic) bond motifs is 1. The molecule has 3 nitrogen and oxygen atoms in total. The van der Waals surface area contributed by atoms with Crippen LogP contribution in [0.1, 0.15) is 11.3 Å². The first-order valence-electron chi connectivity index (χ1n) is 6.01. The number of benzene rings is 1. The van der Waals surface area contributed by atoms with E-state index in [4.69, 9.17) is 11.6 Å². The monoisotopic (exact) mass is 269 g/mol. The third-order valence-electron chi connectivity index (χ3n) is 2.90. The zero-order valence-corrected chi connectivity index (χ0v) is 11.4. The van der Waals surface area contributed by atoms with Gasteiger partial charge in [-0.2, -0.15) is 0 Å². The van der Waals surface area contributed by atoms with Crippen LogP contribution in [0.5, 0.6) is 0 Å². The summed E-state index contributed by atoms with van der Waals surface area (Å²) < 4.78 is 0. The summed E-state index contributed by atoms with van der Waals surface area (Å²) in [5.41, 5.74) is 3.73. The zero-order chi connectivity index (χ0) is 13.4. The Morgan fingerprint density at radius 1 is 0.895 bits per heavy atom. The zero-order valence-electron chi connectivity index (χ0n) is 10.7. The minimum absolute atomic E-state index is 0.438. The molecule has 0 spiro atoms. The van der Waals surface area contributed by atoms with Gasteiger partial charge in [0.25, 0.3) is 0 Å². The summed E-state index contributed by atoms with van der Waals surface area (Å²) in [6.07, 6.45) is 0. The van der Waals surface area contributed by atoms with Crippen LogP contribution in [0.2, 0.25) is 5.15 Å². The van der Waals surface area contributed by atoms with Gasteiger partial charge in [-0.05, 0) is 38.1 Å². The highest BCUT2D eigenvalue weighted by Crippen LogP contribution is 2.20. The molecule has 0 bridgehead atoms. The SMILES string of the molecule is Cc1ccc2nc(-c3nc(C)cc(Cl)n3)ccc2c1. The lowest BCUT2D eigenvalue weighted by Crippen LogP contribution is -1.94. The Morgan fingerprint density at radius 3 is 2.53 bits per heavy atom. The lowest BCUT2D eigenvalue weighted by atomic mass is 10.1. The summed E-state index contributed by atoms with van der Waals surface area (Å²) in [7, 11) is 0. The lowest BCUT2D eigenvalue weighted by molar-refractivity contribution is 1.09. The Kier molecular flexibility index (Phi) is 2.91. The fourth-order valence-electron chi connectivity index (χ4n) is 2.01. The molecule has 2 aromatic heterocycles. The van der Waals surface area contributed by atoms with E-state index >= 15 is 0 Å². The first-order valence-corrected chi connectivity index (χ1v) is 6.38. The molecule has 1 aromatic carbocycles. The van der Waals surface area contributed by atoms with Crippen LogP contribution in [0.15, 0.2) is 36.4 Å². The molecular formula is C15H12ClN3. The number of aromatic nitrogens is 3. The van der Waals surface area contributed by atoms with Gasteiger partial charge in [0, 0.05) is 11.1 Å². The fourth-order valence-corrected chi connectivity index (χ4v) is 2.25. The highest BCUT2D eigenvalue weighted by molar-refractivity contribution is 6.29. The minimum Gasteiger partial charge on any atom is -0.244 e. The van der Waals surface area contributed by atoms with Gasteiger partial charge < -0.3 is 0 Å². The summed E-state index contributed by atoms with van der Waals surface area (Å²) >= 11 is 5.96. The minimum atomic E-state index is 0.438. The summed E-state index contributed by atoms with van der Waals surface area (Å²) in [5, 5.41) is 1.55. The topological polar surface area (TPSA) is 38.7 Å². The molecule has 0 amide bonds. The molecule has 0 atom stereocenters. The molecule has 3 aromatic rings. The molecule has 0 aliphatic heterocycles. The van der Waals surface area contributed by atoms with E-state index in [0.29, 0.717) is 11.0 Å². The van der Waals surface area contributed by atoms with E-state index in [1.165, 1.54) is 5.56 Å². The van der Waals surface area contributed by atoms with E-state index in [-0.39, 0.29) is 0 Å². The maximum atomic E-state index is 5.96. The Morgan fingerprint density at radius 2 is 1.74 bits per heavy atom. The van der Waals surface area contributed by atoms with Crippen LogP contribution in [0.3, 0.4) is 0 Å². The van der Waals surface area contributed by atoms with E-state index in [9.17, 15) is 0 Å². The predicted molar refractivity (Wildman–Crippen MR) is 77.3 cm³/mol. The van der Waals surface area contributed by atoms with Crippen molar-refractivity contribution in [2.45, 2.75) is 13.8 Å². The Bertz CT molecular complexity index is 748. The van der Waals surface area contributed by atoms with Gasteiger partial charge in [-0.1, -0.05) is 29.3 Å². The molecule has 94 valence electrons. The van der Waals surface area contributed by atoms with E-state index in [1.807, 2.05) is 31.2 Å². The number of aryl methyl sites for hydroxylation is 2. The molecule has 0 aliphatic carbocycles. The second-order valence-corrected chi connectivity index (χ2v) is 4.94. The van der Waals surface area contributed by atoms with Crippen LogP contribution in [0.25, 0.3) is 22.4 Å². The van der Waals surface area contributed by atoms with E-state index in [1.54, 1.807) is 6.07 Å². The number of rotatable bonds is 1. The van der Waals surface area contributed by atoms with Crippen LogP contribution in [-0.2, 0) is 0 Å². The normalized spacial score (nSPS) is 10.9. The molecule has 0 unspecified atom stereocenters. The van der Waals surface area contributed by atoms with Crippen molar-refractivity contribution in [2.24, 2.45) is 0 Å². The van der Waals surface area contributed by atoms with Crippen molar-refractivity contribution < 1.29 is 0 Å². The van der Waals surface area contributed by atoms with Gasteiger partial charge in [-0.3, -0.25) is 0 Å². The average molecular weight is 270 g/mol. The first kappa shape index (κ1) is 12.1. The van der Waals surface area contributed by atoms with Crippen LogP contribution >= 0.6 is 11.6 Å². The largest absolute Gasteiger partial charge is 0.244 e. The van der Waals surface area contributed by atoms with Crippen molar-refractivity contribution in [3.05, 3.63) is 52.8 Å². The Labute approximate surface area is 116 Å². The second-order valence-electron chi connectivity index (χ2n) is 4.55. The smallest absolute Gasteiger partial charge is 0.179 e. The number of pyridine rings is 1. The lowest BCUT2D eigenvalue weighted by Gasteiger charge is -2.04. The van der Waals surface area contributed by atoms with Gasteiger partial charge in [0.2, 0.25) is 0 Å². The van der Waals surface area contributed by atoms with E-state index in [0.717, 1.165) is 22.3 Å². The number of nitrogens with zero attached hydrogens (tertiary/aromatic N) is 3. The summed E-state index contributed by atoms with van der Waals surface area (Å²) in [6.45, 7) is 3.96. The van der Waals surface area contributed by atoms with Crippen molar-refractivity contribution in [3.8, 4) is 11.5 Å². The van der Waals surface area contributed by atoms with Gasteiger partial charge in [0.15, 0.2) is 5.82 Å². The molecule has 4 heteroatoms. The van der Waals surface area contributed by atoms with Gasteiger partial charge >= 0.3 is 0 Å². The van der Waals surface area contributed by atoms with Crippen molar-refractivity contribution in [1.82, 2.24) is 15.0 Å². The van der Waals surface area contributed by atoms with E-state index in [2.05, 4.69) is 27.9 Å². The van der Waals surface area contributed by atoms with Gasteiger partial charge in [-0.25, -0.2) is 15.0 Å². The average Bonchev–Trinajstić information content (AvgIpc) is 2.37. The van der Waals surface area contributed by atoms with Gasteiger partial charge in [0.1, 0.15) is 10.8 Å². The standard InChI is InChI=1S/C15H12ClN3/c1-9-3-5-12-11(7-9)4-6-13(18-12)15-17-10(2)8-14(16)19-15/h3-8H,1-2H3. The molecule has 0 saturated carbocycles. The molecule has 0 aliphatic rings. The first-order chi connectivity index (χ1) is 9.11. The molecule has 3 rings (SSSR count). The summed E-state index contributed by atoms with van der Waals surface area (Å²) in [5.74, 6) is 0.562. The number of halogens is 1. The van der Waals surface area contributed by atoms with Gasteiger partial charge in [-0.15, -0.1) is 0 Å². The molecule has 2 heterocycles. The molecule has 0 N–H and O–H groups in total. The third-order valence-corrected chi connectivity index (χ3v) is 3.09. The molecule has 19 heavy (non-hydrogen) atoms. The Hall–Kier alpha value is -2.00. The second kappa shape index (κ2) is 4.59. The third kappa shape index (κ3) is 2.42. The predicted octanol–water partition coefficient (Wildman–Crippen LogP) is 3.96. The quantitative estimate of drug-likeness (QED) is 0.628. The van der Waals surface area contributed by atoms with Crippen molar-refractivity contribution in [2.75, 3.05) is 0 Å². The molecule has 0 radical (unpaired) electrons. The fraction of sp³-hybridized carbons (Fsp3) is 0.133. The number of hydrogen-bond acceptors (Lipinski definition) is 3. The highest BCUT2D eigenvalue weighted by atomic mass is 35.5. The van der Waals surface area contributed by atoms with Crippen molar-refractivity contribution in [3.63, 3.8) is 0 Å². The van der Waals surface area contributed by atoms with Crippen LogP contribution in [-0.4, -0.2) is 15.0 Å². The Balaban J connectivity index is 2.17. The van der Waals surface area contributed by atoms with Crippen LogP contribution in [0.4, 0.5) is 0 Å². The maximum Gasteiger partial charge on any atom is 0.179 e. The van der Waals surface area contributed by atoms with Crippen LogP contribution in [0, 0.1) is 13.8 Å². The maximum absolute atomic E-state index is 5.96. The van der Waals surface area contributed by atoms with Gasteiger partial charge in [0.05, 0.1) is 5.52 Å². The van der Waals surface area contributed by atoms with E-state index < -0.39 is 0 Å². The van der Waals surface area contributed by atoms with Crippen molar-refractivity contribution in [1.29, 1.82) is 0 Å². The summed E-state index contributed by atoms with van der Waals surface area (Å²) in [6, 6.07) is 11.8. The van der Waals surface area contributed by atoms with Crippen LogP contribution < -0.4 is 0 Å². The highest BCUT2D eigenvalue weighted by Gasteiger charge is 2.06.